The molecule has 0 spiro atoms. The van der Waals surface area contributed by atoms with E-state index in [1.165, 1.54) is 25.7 Å². The Morgan fingerprint density at radius 3 is 2.00 bits per heavy atom. The highest BCUT2D eigenvalue weighted by Gasteiger charge is 2.02. The van der Waals surface area contributed by atoms with E-state index in [1.54, 1.807) is 4.90 Å². The first-order chi connectivity index (χ1) is 6.68. The van der Waals surface area contributed by atoms with Gasteiger partial charge in [0.2, 0.25) is 5.91 Å². The molecule has 0 saturated heterocycles. The third-order valence-corrected chi connectivity index (χ3v) is 2.34. The molecule has 84 valence electrons. The molecule has 3 nitrogen and oxygen atoms in total. The number of carbonyl (C=O) groups is 1. The van der Waals surface area contributed by atoms with Crippen molar-refractivity contribution in [2.24, 2.45) is 5.73 Å². The lowest BCUT2D eigenvalue weighted by Gasteiger charge is -2.09. The lowest BCUT2D eigenvalue weighted by atomic mass is 10.1. The van der Waals surface area contributed by atoms with Gasteiger partial charge in [-0.2, -0.15) is 0 Å². The molecule has 0 atom stereocenters. The van der Waals surface area contributed by atoms with Gasteiger partial charge in [-0.05, 0) is 19.4 Å². The van der Waals surface area contributed by atoms with Gasteiger partial charge >= 0.3 is 0 Å². The summed E-state index contributed by atoms with van der Waals surface area (Å²) in [6, 6.07) is 0. The van der Waals surface area contributed by atoms with Crippen molar-refractivity contribution in [3.05, 3.63) is 0 Å². The van der Waals surface area contributed by atoms with Gasteiger partial charge in [0.25, 0.3) is 0 Å². The zero-order chi connectivity index (χ0) is 10.8. The molecule has 0 bridgehead atoms. The number of amides is 1. The molecule has 0 rings (SSSR count). The number of rotatable bonds is 8. The molecule has 14 heavy (non-hydrogen) atoms. The molecular formula is C11H24N2O. The van der Waals surface area contributed by atoms with Gasteiger partial charge in [-0.3, -0.25) is 4.79 Å². The second-order valence-corrected chi connectivity index (χ2v) is 3.95. The third-order valence-electron chi connectivity index (χ3n) is 2.34. The van der Waals surface area contributed by atoms with E-state index in [2.05, 4.69) is 0 Å². The molecular weight excluding hydrogens is 176 g/mol. The molecule has 0 aliphatic carbocycles. The maximum Gasteiger partial charge on any atom is 0.222 e. The first-order valence-corrected chi connectivity index (χ1v) is 5.58. The van der Waals surface area contributed by atoms with Crippen molar-refractivity contribution in [2.45, 2.75) is 44.9 Å². The summed E-state index contributed by atoms with van der Waals surface area (Å²) in [5.41, 5.74) is 5.39. The van der Waals surface area contributed by atoms with Crippen LogP contribution in [-0.2, 0) is 4.79 Å². The Morgan fingerprint density at radius 1 is 1.00 bits per heavy atom. The molecule has 0 aliphatic heterocycles. The molecule has 0 aromatic heterocycles. The highest BCUT2D eigenvalue weighted by atomic mass is 16.2. The molecule has 0 saturated carbocycles. The quantitative estimate of drug-likeness (QED) is 0.607. The average molecular weight is 200 g/mol. The van der Waals surface area contributed by atoms with Crippen molar-refractivity contribution in [1.29, 1.82) is 0 Å². The monoisotopic (exact) mass is 200 g/mol. The van der Waals surface area contributed by atoms with E-state index in [0.717, 1.165) is 19.4 Å². The SMILES string of the molecule is CN(C)C(=O)CCCCCCCCN. The fourth-order valence-corrected chi connectivity index (χ4v) is 1.35. The average Bonchev–Trinajstić information content (AvgIpc) is 2.16. The number of unbranched alkanes of at least 4 members (excludes halogenated alkanes) is 5. The van der Waals surface area contributed by atoms with E-state index in [1.807, 2.05) is 14.1 Å². The topological polar surface area (TPSA) is 46.3 Å². The molecule has 0 aromatic rings. The van der Waals surface area contributed by atoms with Crippen molar-refractivity contribution in [2.75, 3.05) is 20.6 Å². The number of hydrogen-bond donors (Lipinski definition) is 1. The van der Waals surface area contributed by atoms with Crippen molar-refractivity contribution < 1.29 is 4.79 Å². The van der Waals surface area contributed by atoms with Crippen molar-refractivity contribution >= 4 is 5.91 Å². The summed E-state index contributed by atoms with van der Waals surface area (Å²) < 4.78 is 0. The van der Waals surface area contributed by atoms with Crippen LogP contribution in [0, 0.1) is 0 Å². The Morgan fingerprint density at radius 2 is 1.50 bits per heavy atom. The molecule has 2 N–H and O–H groups in total. The molecule has 0 fully saturated rings. The van der Waals surface area contributed by atoms with E-state index in [9.17, 15) is 4.79 Å². The Hall–Kier alpha value is -0.570. The van der Waals surface area contributed by atoms with Crippen LogP contribution in [0.15, 0.2) is 0 Å². The van der Waals surface area contributed by atoms with Gasteiger partial charge in [-0.25, -0.2) is 0 Å². The molecule has 1 amide bonds. The van der Waals surface area contributed by atoms with E-state index in [4.69, 9.17) is 5.73 Å². The van der Waals surface area contributed by atoms with Crippen LogP contribution in [0.5, 0.6) is 0 Å². The van der Waals surface area contributed by atoms with Gasteiger partial charge in [-0.15, -0.1) is 0 Å². The van der Waals surface area contributed by atoms with Crippen LogP contribution < -0.4 is 5.73 Å². The van der Waals surface area contributed by atoms with Gasteiger partial charge in [0, 0.05) is 20.5 Å². The maximum absolute atomic E-state index is 11.2. The van der Waals surface area contributed by atoms with Crippen LogP contribution in [0.4, 0.5) is 0 Å². The lowest BCUT2D eigenvalue weighted by molar-refractivity contribution is -0.128. The summed E-state index contributed by atoms with van der Waals surface area (Å²) in [4.78, 5) is 12.8. The minimum absolute atomic E-state index is 0.243. The summed E-state index contributed by atoms with van der Waals surface area (Å²) in [6.07, 6.45) is 7.76. The summed E-state index contributed by atoms with van der Waals surface area (Å²) >= 11 is 0. The highest BCUT2D eigenvalue weighted by molar-refractivity contribution is 5.75. The third kappa shape index (κ3) is 8.05. The first kappa shape index (κ1) is 13.4. The Bertz CT molecular complexity index is 146. The molecule has 0 aromatic carbocycles. The number of carbonyl (C=O) groups excluding carboxylic acids is 1. The summed E-state index contributed by atoms with van der Waals surface area (Å²) in [5.74, 6) is 0.243. The normalized spacial score (nSPS) is 10.2. The Balaban J connectivity index is 3.10. The lowest BCUT2D eigenvalue weighted by Crippen LogP contribution is -2.20. The zero-order valence-electron chi connectivity index (χ0n) is 9.59. The van der Waals surface area contributed by atoms with E-state index < -0.39 is 0 Å². The predicted octanol–water partition coefficient (Wildman–Crippen LogP) is 1.76. The van der Waals surface area contributed by atoms with Crippen LogP contribution in [0.3, 0.4) is 0 Å². The number of nitrogens with zero attached hydrogens (tertiary/aromatic N) is 1. The largest absolute Gasteiger partial charge is 0.349 e. The zero-order valence-corrected chi connectivity index (χ0v) is 9.59. The minimum atomic E-state index is 0.243. The van der Waals surface area contributed by atoms with Gasteiger partial charge < -0.3 is 10.6 Å². The van der Waals surface area contributed by atoms with Crippen LogP contribution in [0.1, 0.15) is 44.9 Å². The van der Waals surface area contributed by atoms with Crippen LogP contribution >= 0.6 is 0 Å². The standard InChI is InChI=1S/C11H24N2O/c1-13(2)11(14)9-7-5-3-4-6-8-10-12/h3-10,12H2,1-2H3. The van der Waals surface area contributed by atoms with Gasteiger partial charge in [0.15, 0.2) is 0 Å². The second kappa shape index (κ2) is 9.00. The van der Waals surface area contributed by atoms with E-state index in [0.29, 0.717) is 6.42 Å². The van der Waals surface area contributed by atoms with E-state index in [-0.39, 0.29) is 5.91 Å². The molecule has 0 unspecified atom stereocenters. The number of nitrogens with two attached hydrogens (primary N) is 1. The Labute approximate surface area is 87.6 Å². The minimum Gasteiger partial charge on any atom is -0.349 e. The van der Waals surface area contributed by atoms with Crippen molar-refractivity contribution in [1.82, 2.24) is 4.90 Å². The predicted molar refractivity (Wildman–Crippen MR) is 60.1 cm³/mol. The fourth-order valence-electron chi connectivity index (χ4n) is 1.35. The van der Waals surface area contributed by atoms with Gasteiger partial charge in [0.05, 0.1) is 0 Å². The summed E-state index contributed by atoms with van der Waals surface area (Å²) in [5, 5.41) is 0. The van der Waals surface area contributed by atoms with Crippen LogP contribution in [0.2, 0.25) is 0 Å². The smallest absolute Gasteiger partial charge is 0.222 e. The highest BCUT2D eigenvalue weighted by Crippen LogP contribution is 2.07. The van der Waals surface area contributed by atoms with Crippen molar-refractivity contribution in [3.63, 3.8) is 0 Å². The summed E-state index contributed by atoms with van der Waals surface area (Å²) in [6.45, 7) is 0.805. The van der Waals surface area contributed by atoms with Crippen molar-refractivity contribution in [3.8, 4) is 0 Å². The van der Waals surface area contributed by atoms with E-state index >= 15 is 0 Å². The molecule has 3 heteroatoms. The second-order valence-electron chi connectivity index (χ2n) is 3.95. The van der Waals surface area contributed by atoms with Crippen LogP contribution in [0.25, 0.3) is 0 Å². The number of hydrogen-bond acceptors (Lipinski definition) is 2. The fraction of sp³-hybridized carbons (Fsp3) is 0.909. The molecule has 0 heterocycles. The van der Waals surface area contributed by atoms with Gasteiger partial charge in [0.1, 0.15) is 0 Å². The van der Waals surface area contributed by atoms with Gasteiger partial charge in [-0.1, -0.05) is 25.7 Å². The Kier molecular flexibility index (Phi) is 8.64. The maximum atomic E-state index is 11.2. The van der Waals surface area contributed by atoms with Crippen LogP contribution in [-0.4, -0.2) is 31.4 Å². The molecule has 0 radical (unpaired) electrons. The summed E-state index contributed by atoms with van der Waals surface area (Å²) in [7, 11) is 3.62. The molecule has 0 aliphatic rings. The first-order valence-electron chi connectivity index (χ1n) is 5.58.